The summed E-state index contributed by atoms with van der Waals surface area (Å²) in [5.74, 6) is 0.241. The second-order valence-electron chi connectivity index (χ2n) is 9.65. The molecule has 0 spiro atoms. The molecule has 2 aromatic carbocycles. The van der Waals surface area contributed by atoms with Crippen molar-refractivity contribution in [2.24, 2.45) is 0 Å². The van der Waals surface area contributed by atoms with Gasteiger partial charge >= 0.3 is 6.18 Å². The lowest BCUT2D eigenvalue weighted by atomic mass is 10.1. The maximum Gasteiger partial charge on any atom is 0.406 e. The zero-order chi connectivity index (χ0) is 25.3. The van der Waals surface area contributed by atoms with E-state index in [2.05, 4.69) is 10.6 Å². The Bertz CT molecular complexity index is 1300. The maximum absolute atomic E-state index is 13.6. The van der Waals surface area contributed by atoms with Gasteiger partial charge in [0.15, 0.2) is 0 Å². The van der Waals surface area contributed by atoms with Gasteiger partial charge in [0.05, 0.1) is 17.0 Å². The molecule has 36 heavy (non-hydrogen) atoms. The van der Waals surface area contributed by atoms with Crippen LogP contribution in [-0.4, -0.2) is 56.0 Å². The molecule has 2 aliphatic heterocycles. The van der Waals surface area contributed by atoms with Crippen LogP contribution >= 0.6 is 0 Å². The van der Waals surface area contributed by atoms with E-state index in [0.29, 0.717) is 41.0 Å². The lowest BCUT2D eigenvalue weighted by molar-refractivity contribution is -0.139. The Morgan fingerprint density at radius 1 is 0.917 bits per heavy atom. The summed E-state index contributed by atoms with van der Waals surface area (Å²) in [5, 5.41) is 7.56. The third-order valence-corrected chi connectivity index (χ3v) is 8.69. The monoisotopic (exact) mass is 521 g/mol. The molecule has 0 radical (unpaired) electrons. The van der Waals surface area contributed by atoms with Crippen molar-refractivity contribution in [3.8, 4) is 11.3 Å². The first-order chi connectivity index (χ1) is 17.2. The number of fused-ring (bicyclic) bond motifs is 1. The molecular formula is C26H30F3N3O3S. The number of halogens is 3. The first kappa shape index (κ1) is 25.0. The van der Waals surface area contributed by atoms with E-state index in [4.69, 9.17) is 4.74 Å². The number of hydrogen-bond acceptors (Lipinski definition) is 5. The minimum atomic E-state index is -4.38. The van der Waals surface area contributed by atoms with Gasteiger partial charge in [-0.05, 0) is 61.6 Å². The molecule has 10 heteroatoms. The van der Waals surface area contributed by atoms with Crippen molar-refractivity contribution in [3.63, 3.8) is 0 Å². The minimum Gasteiger partial charge on any atom is -0.382 e. The molecule has 3 heterocycles. The first-order valence-electron chi connectivity index (χ1n) is 12.3. The van der Waals surface area contributed by atoms with E-state index in [0.717, 1.165) is 37.4 Å². The van der Waals surface area contributed by atoms with Gasteiger partial charge in [-0.25, -0.2) is 8.42 Å². The van der Waals surface area contributed by atoms with Crippen molar-refractivity contribution < 1.29 is 26.3 Å². The molecule has 0 bridgehead atoms. The van der Waals surface area contributed by atoms with Crippen molar-refractivity contribution in [1.82, 2.24) is 4.57 Å². The molecule has 2 fully saturated rings. The Morgan fingerprint density at radius 2 is 1.58 bits per heavy atom. The van der Waals surface area contributed by atoms with Gasteiger partial charge in [-0.3, -0.25) is 0 Å². The minimum absolute atomic E-state index is 0.0379. The number of aromatic nitrogens is 1. The number of anilines is 2. The number of rotatable bonds is 6. The fraction of sp³-hybridized carbons (Fsp3) is 0.462. The van der Waals surface area contributed by atoms with Gasteiger partial charge in [-0.15, -0.1) is 0 Å². The predicted octanol–water partition coefficient (Wildman–Crippen LogP) is 5.45. The van der Waals surface area contributed by atoms with E-state index >= 15 is 0 Å². The molecule has 2 N–H and O–H groups in total. The van der Waals surface area contributed by atoms with Crippen LogP contribution in [0.5, 0.6) is 0 Å². The molecule has 0 aliphatic carbocycles. The number of nitrogens with zero attached hydrogens (tertiary/aromatic N) is 1. The van der Waals surface area contributed by atoms with Crippen LogP contribution in [0.3, 0.4) is 0 Å². The van der Waals surface area contributed by atoms with Gasteiger partial charge < -0.3 is 19.9 Å². The van der Waals surface area contributed by atoms with Crippen molar-refractivity contribution in [2.75, 3.05) is 35.4 Å². The Balaban J connectivity index is 1.46. The molecule has 0 unspecified atom stereocenters. The summed E-state index contributed by atoms with van der Waals surface area (Å²) >= 11 is 0. The smallest absolute Gasteiger partial charge is 0.382 e. The Kier molecular flexibility index (Phi) is 6.91. The topological polar surface area (TPSA) is 72.4 Å². The highest BCUT2D eigenvalue weighted by Gasteiger charge is 2.31. The highest BCUT2D eigenvalue weighted by atomic mass is 32.2. The fourth-order valence-corrected chi connectivity index (χ4v) is 6.56. The number of sulfone groups is 1. The molecule has 2 saturated heterocycles. The van der Waals surface area contributed by atoms with E-state index in [1.54, 1.807) is 18.2 Å². The molecule has 3 aromatic rings. The number of hydrogen-bond donors (Lipinski definition) is 2. The van der Waals surface area contributed by atoms with Crippen LogP contribution in [-0.2, 0) is 21.1 Å². The van der Waals surface area contributed by atoms with Gasteiger partial charge in [0, 0.05) is 47.8 Å². The van der Waals surface area contributed by atoms with Crippen LogP contribution < -0.4 is 10.6 Å². The number of nitrogens with one attached hydrogen (secondary N) is 2. The summed E-state index contributed by atoms with van der Waals surface area (Å²) in [6.45, 7) is 0.347. The maximum atomic E-state index is 13.6. The molecule has 5 rings (SSSR count). The van der Waals surface area contributed by atoms with Crippen LogP contribution in [0.25, 0.3) is 22.2 Å². The predicted molar refractivity (Wildman–Crippen MR) is 136 cm³/mol. The zero-order valence-electron chi connectivity index (χ0n) is 19.9. The molecule has 1 aromatic heterocycles. The van der Waals surface area contributed by atoms with E-state index in [9.17, 15) is 21.6 Å². The molecule has 0 atom stereocenters. The van der Waals surface area contributed by atoms with Gasteiger partial charge in [0.2, 0.25) is 0 Å². The van der Waals surface area contributed by atoms with E-state index in [1.165, 1.54) is 4.57 Å². The van der Waals surface area contributed by atoms with Crippen LogP contribution in [0, 0.1) is 0 Å². The molecule has 0 saturated carbocycles. The SMILES string of the molecule is O=S1(=O)CCC(Nc2cccc3c2cc(-c2ccc(NC4CCOCC4)cc2)n3CC(F)(F)F)CC1. The molecule has 0 amide bonds. The van der Waals surface area contributed by atoms with Crippen molar-refractivity contribution in [3.05, 3.63) is 48.5 Å². The highest BCUT2D eigenvalue weighted by Crippen LogP contribution is 2.36. The second-order valence-corrected chi connectivity index (χ2v) is 12.0. The van der Waals surface area contributed by atoms with Gasteiger partial charge in [0.25, 0.3) is 0 Å². The normalized spacial score (nSPS) is 19.4. The summed E-state index contributed by atoms with van der Waals surface area (Å²) in [5.41, 5.74) is 3.32. The number of alkyl halides is 3. The Morgan fingerprint density at radius 3 is 2.25 bits per heavy atom. The van der Waals surface area contributed by atoms with E-state index in [-0.39, 0.29) is 17.5 Å². The highest BCUT2D eigenvalue weighted by molar-refractivity contribution is 7.91. The van der Waals surface area contributed by atoms with Crippen molar-refractivity contribution in [2.45, 2.75) is 50.5 Å². The van der Waals surface area contributed by atoms with Crippen molar-refractivity contribution in [1.29, 1.82) is 0 Å². The van der Waals surface area contributed by atoms with E-state index < -0.39 is 22.6 Å². The van der Waals surface area contributed by atoms with Crippen LogP contribution in [0.15, 0.2) is 48.5 Å². The van der Waals surface area contributed by atoms with Gasteiger partial charge in [-0.1, -0.05) is 18.2 Å². The Labute approximate surface area is 208 Å². The van der Waals surface area contributed by atoms with Gasteiger partial charge in [0.1, 0.15) is 16.4 Å². The fourth-order valence-electron chi connectivity index (χ4n) is 5.07. The average Bonchev–Trinajstić information content (AvgIpc) is 3.19. The lowest BCUT2D eigenvalue weighted by Gasteiger charge is -2.24. The van der Waals surface area contributed by atoms with Crippen LogP contribution in [0.2, 0.25) is 0 Å². The lowest BCUT2D eigenvalue weighted by Crippen LogP contribution is -2.32. The molecule has 6 nitrogen and oxygen atoms in total. The summed E-state index contributed by atoms with van der Waals surface area (Å²) < 4.78 is 71.1. The second kappa shape index (κ2) is 9.97. The quantitative estimate of drug-likeness (QED) is 0.451. The number of ether oxygens (including phenoxy) is 1. The van der Waals surface area contributed by atoms with Crippen molar-refractivity contribution >= 4 is 32.1 Å². The average molecular weight is 522 g/mol. The summed E-state index contributed by atoms with van der Waals surface area (Å²) in [6.07, 6.45) is -1.58. The Hall–Kier alpha value is -2.72. The molecule has 2 aliphatic rings. The molecule has 194 valence electrons. The standard InChI is InChI=1S/C26H30F3N3O3S/c27-26(28,29)17-32-24-3-1-2-23(31-21-10-14-36(33,34)15-11-21)22(24)16-25(32)18-4-6-19(7-5-18)30-20-8-12-35-13-9-20/h1-7,16,20-21,30-31H,8-15,17H2. The van der Waals surface area contributed by atoms with Gasteiger partial charge in [-0.2, -0.15) is 13.2 Å². The summed E-state index contributed by atoms with van der Waals surface area (Å²) in [6, 6.07) is 14.9. The van der Waals surface area contributed by atoms with Crippen LogP contribution in [0.1, 0.15) is 25.7 Å². The molecular weight excluding hydrogens is 491 g/mol. The summed E-state index contributed by atoms with van der Waals surface area (Å²) in [7, 11) is -3.00. The largest absolute Gasteiger partial charge is 0.406 e. The van der Waals surface area contributed by atoms with Crippen LogP contribution in [0.4, 0.5) is 24.5 Å². The summed E-state index contributed by atoms with van der Waals surface area (Å²) in [4.78, 5) is 0. The third-order valence-electron chi connectivity index (χ3n) is 6.97. The third kappa shape index (κ3) is 5.81. The zero-order valence-corrected chi connectivity index (χ0v) is 20.7. The first-order valence-corrected chi connectivity index (χ1v) is 14.1. The number of benzene rings is 2. The van der Waals surface area contributed by atoms with E-state index in [1.807, 2.05) is 30.3 Å².